The fraction of sp³-hybridized carbons (Fsp3) is 0.133. The van der Waals surface area contributed by atoms with Crippen LogP contribution in [0.2, 0.25) is 0 Å². The number of carbonyl (C=O) groups is 1. The van der Waals surface area contributed by atoms with Gasteiger partial charge in [0.1, 0.15) is 16.5 Å². The quantitative estimate of drug-likeness (QED) is 0.875. The van der Waals surface area contributed by atoms with E-state index in [1.165, 1.54) is 19.1 Å². The van der Waals surface area contributed by atoms with Gasteiger partial charge >= 0.3 is 16.1 Å². The summed E-state index contributed by atoms with van der Waals surface area (Å²) in [5.41, 5.74) is 0.406. The fourth-order valence-electron chi connectivity index (χ4n) is 1.78. The fourth-order valence-corrected chi connectivity index (χ4v) is 2.76. The third kappa shape index (κ3) is 3.25. The summed E-state index contributed by atoms with van der Waals surface area (Å²) >= 11 is 0. The topological polar surface area (TPSA) is 80.7 Å². The lowest BCUT2D eigenvalue weighted by Gasteiger charge is -2.11. The van der Waals surface area contributed by atoms with Gasteiger partial charge in [-0.1, -0.05) is 17.7 Å². The minimum atomic E-state index is -4.12. The van der Waals surface area contributed by atoms with Crippen molar-refractivity contribution in [3.05, 3.63) is 58.9 Å². The maximum atomic E-state index is 13.5. The van der Waals surface area contributed by atoms with Gasteiger partial charge in [-0.2, -0.15) is 8.42 Å². The molecule has 1 N–H and O–H groups in total. The highest BCUT2D eigenvalue weighted by atomic mass is 32.2. The number of halogens is 1. The van der Waals surface area contributed by atoms with Gasteiger partial charge in [-0.15, -0.1) is 0 Å². The Labute approximate surface area is 127 Å². The number of aromatic carboxylic acids is 1. The van der Waals surface area contributed by atoms with E-state index in [4.69, 9.17) is 9.29 Å². The Kier molecular flexibility index (Phi) is 4.18. The van der Waals surface area contributed by atoms with Crippen LogP contribution in [0.5, 0.6) is 5.75 Å². The zero-order valence-electron chi connectivity index (χ0n) is 11.8. The third-order valence-electron chi connectivity index (χ3n) is 3.00. The van der Waals surface area contributed by atoms with Crippen molar-refractivity contribution in [2.45, 2.75) is 18.7 Å². The van der Waals surface area contributed by atoms with Gasteiger partial charge in [0.05, 0.1) is 5.56 Å². The minimum absolute atomic E-state index is 0.0706. The first-order valence-corrected chi connectivity index (χ1v) is 7.66. The SMILES string of the molecule is Cc1ccc(S(=O)(=O)Oc2cc(C(=O)O)c(F)cc2C)cc1. The molecule has 0 fully saturated rings. The Morgan fingerprint density at radius 3 is 2.27 bits per heavy atom. The highest BCUT2D eigenvalue weighted by Crippen LogP contribution is 2.26. The summed E-state index contributed by atoms with van der Waals surface area (Å²) < 4.78 is 42.8. The van der Waals surface area contributed by atoms with Crippen LogP contribution in [0.4, 0.5) is 4.39 Å². The highest BCUT2D eigenvalue weighted by Gasteiger charge is 2.20. The van der Waals surface area contributed by atoms with E-state index in [-0.39, 0.29) is 16.2 Å². The van der Waals surface area contributed by atoms with E-state index in [1.807, 2.05) is 0 Å². The summed E-state index contributed by atoms with van der Waals surface area (Å²) in [6, 6.07) is 7.75. The Bertz CT molecular complexity index is 826. The number of hydrogen-bond donors (Lipinski definition) is 1. The van der Waals surface area contributed by atoms with Crippen LogP contribution in [-0.4, -0.2) is 19.5 Å². The van der Waals surface area contributed by atoms with E-state index in [2.05, 4.69) is 0 Å². The summed E-state index contributed by atoms with van der Waals surface area (Å²) in [6.07, 6.45) is 0. The summed E-state index contributed by atoms with van der Waals surface area (Å²) in [7, 11) is -4.12. The molecule has 0 saturated heterocycles. The van der Waals surface area contributed by atoms with Gasteiger partial charge in [0.25, 0.3) is 0 Å². The van der Waals surface area contributed by atoms with Gasteiger partial charge in [0, 0.05) is 0 Å². The molecule has 5 nitrogen and oxygen atoms in total. The molecular weight excluding hydrogens is 311 g/mol. The molecule has 0 unspecified atom stereocenters. The predicted octanol–water partition coefficient (Wildman–Crippen LogP) is 2.91. The summed E-state index contributed by atoms with van der Waals surface area (Å²) in [6.45, 7) is 3.23. The van der Waals surface area contributed by atoms with Crippen molar-refractivity contribution < 1.29 is 26.9 Å². The van der Waals surface area contributed by atoms with Crippen molar-refractivity contribution in [1.82, 2.24) is 0 Å². The minimum Gasteiger partial charge on any atom is -0.478 e. The number of aryl methyl sites for hydroxylation is 2. The number of rotatable bonds is 4. The third-order valence-corrected chi connectivity index (χ3v) is 4.25. The van der Waals surface area contributed by atoms with Gasteiger partial charge in [0.2, 0.25) is 0 Å². The Hall–Kier alpha value is -2.41. The molecule has 2 aromatic rings. The molecule has 0 aromatic heterocycles. The maximum absolute atomic E-state index is 13.5. The molecule has 0 heterocycles. The number of hydrogen-bond acceptors (Lipinski definition) is 4. The molecule has 7 heteroatoms. The van der Waals surface area contributed by atoms with Crippen LogP contribution in [0, 0.1) is 19.7 Å². The summed E-state index contributed by atoms with van der Waals surface area (Å²) in [4.78, 5) is 10.8. The lowest BCUT2D eigenvalue weighted by Crippen LogP contribution is -2.12. The molecule has 0 radical (unpaired) electrons. The van der Waals surface area contributed by atoms with Crippen molar-refractivity contribution in [3.8, 4) is 5.75 Å². The Morgan fingerprint density at radius 1 is 1.14 bits per heavy atom. The molecule has 2 aromatic carbocycles. The summed E-state index contributed by atoms with van der Waals surface area (Å²) in [5.74, 6) is -2.68. The molecule has 0 aliphatic carbocycles. The molecule has 2 rings (SSSR count). The number of carboxylic acid groups (broad SMARTS) is 1. The average molecular weight is 324 g/mol. The van der Waals surface area contributed by atoms with Crippen LogP contribution >= 0.6 is 0 Å². The van der Waals surface area contributed by atoms with Gasteiger partial charge in [-0.25, -0.2) is 9.18 Å². The molecular formula is C15H13FO5S. The molecule has 0 bridgehead atoms. The Morgan fingerprint density at radius 2 is 1.73 bits per heavy atom. The van der Waals surface area contributed by atoms with Crippen LogP contribution in [-0.2, 0) is 10.1 Å². The van der Waals surface area contributed by atoms with Gasteiger partial charge in [-0.3, -0.25) is 0 Å². The molecule has 0 aliphatic heterocycles. The Balaban J connectivity index is 2.43. The monoisotopic (exact) mass is 324 g/mol. The van der Waals surface area contributed by atoms with Gasteiger partial charge in [-0.05, 0) is 43.7 Å². The van der Waals surface area contributed by atoms with E-state index < -0.39 is 27.5 Å². The van der Waals surface area contributed by atoms with Crippen LogP contribution in [0.25, 0.3) is 0 Å². The van der Waals surface area contributed by atoms with E-state index in [0.29, 0.717) is 0 Å². The van der Waals surface area contributed by atoms with Crippen molar-refractivity contribution in [3.63, 3.8) is 0 Å². The normalized spacial score (nSPS) is 11.2. The first kappa shape index (κ1) is 16.0. The molecule has 0 spiro atoms. The van der Waals surface area contributed by atoms with E-state index in [1.54, 1.807) is 19.1 Å². The average Bonchev–Trinajstić information content (AvgIpc) is 2.41. The van der Waals surface area contributed by atoms with Gasteiger partial charge in [0.15, 0.2) is 0 Å². The predicted molar refractivity (Wildman–Crippen MR) is 77.1 cm³/mol. The molecule has 116 valence electrons. The highest BCUT2D eigenvalue weighted by molar-refractivity contribution is 7.87. The van der Waals surface area contributed by atoms with E-state index >= 15 is 0 Å². The van der Waals surface area contributed by atoms with Crippen LogP contribution in [0.1, 0.15) is 21.5 Å². The molecule has 0 aliphatic rings. The first-order valence-electron chi connectivity index (χ1n) is 6.25. The van der Waals surface area contributed by atoms with Crippen molar-refractivity contribution in [2.75, 3.05) is 0 Å². The van der Waals surface area contributed by atoms with Crippen molar-refractivity contribution in [2.24, 2.45) is 0 Å². The molecule has 22 heavy (non-hydrogen) atoms. The van der Waals surface area contributed by atoms with Crippen LogP contribution in [0.3, 0.4) is 0 Å². The second-order valence-corrected chi connectivity index (χ2v) is 6.30. The van der Waals surface area contributed by atoms with E-state index in [9.17, 15) is 17.6 Å². The maximum Gasteiger partial charge on any atom is 0.339 e. The zero-order chi connectivity index (χ0) is 16.5. The standard InChI is InChI=1S/C15H13FO5S/c1-9-3-5-11(6-4-9)22(19,20)21-14-8-12(15(17)18)13(16)7-10(14)2/h3-8H,1-2H3,(H,17,18). The van der Waals surface area contributed by atoms with Crippen molar-refractivity contribution in [1.29, 1.82) is 0 Å². The van der Waals surface area contributed by atoms with Crippen molar-refractivity contribution >= 4 is 16.1 Å². The number of carboxylic acids is 1. The molecule has 0 atom stereocenters. The molecule has 0 saturated carbocycles. The molecule has 0 amide bonds. The van der Waals surface area contributed by atoms with Gasteiger partial charge < -0.3 is 9.29 Å². The second kappa shape index (κ2) is 5.76. The zero-order valence-corrected chi connectivity index (χ0v) is 12.6. The van der Waals surface area contributed by atoms with Crippen LogP contribution < -0.4 is 4.18 Å². The smallest absolute Gasteiger partial charge is 0.339 e. The first-order chi connectivity index (χ1) is 10.2. The largest absolute Gasteiger partial charge is 0.478 e. The number of benzene rings is 2. The lowest BCUT2D eigenvalue weighted by atomic mass is 10.1. The second-order valence-electron chi connectivity index (χ2n) is 4.75. The van der Waals surface area contributed by atoms with Crippen LogP contribution in [0.15, 0.2) is 41.3 Å². The summed E-state index contributed by atoms with van der Waals surface area (Å²) in [5, 5.41) is 8.88. The lowest BCUT2D eigenvalue weighted by molar-refractivity contribution is 0.0691. The van der Waals surface area contributed by atoms with E-state index in [0.717, 1.165) is 17.7 Å².